The largest absolute Gasteiger partial charge is 0.508 e. The zero-order chi connectivity index (χ0) is 60.4. The smallest absolute Gasteiger partial charge is 0.225 e. The summed E-state index contributed by atoms with van der Waals surface area (Å²) in [7, 11) is 1.58. The lowest BCUT2D eigenvalue weighted by atomic mass is 9.83. The van der Waals surface area contributed by atoms with E-state index in [0.29, 0.717) is 95.5 Å². The molecule has 2 aromatic rings. The van der Waals surface area contributed by atoms with Gasteiger partial charge in [0.2, 0.25) is 11.8 Å². The molecule has 8 atom stereocenters. The van der Waals surface area contributed by atoms with Gasteiger partial charge in [-0.2, -0.15) is 0 Å². The number of hydrogen-bond donors (Lipinski definition) is 3. The summed E-state index contributed by atoms with van der Waals surface area (Å²) >= 11 is 0. The van der Waals surface area contributed by atoms with Crippen molar-refractivity contribution in [3.05, 3.63) is 82.5 Å². The van der Waals surface area contributed by atoms with Crippen molar-refractivity contribution in [2.45, 2.75) is 147 Å². The van der Waals surface area contributed by atoms with Crippen molar-refractivity contribution in [2.75, 3.05) is 86.0 Å². The number of carbonyl (C=O) groups is 8. The highest BCUT2D eigenvalue weighted by atomic mass is 16.6. The van der Waals surface area contributed by atoms with Crippen molar-refractivity contribution in [1.29, 1.82) is 0 Å². The molecule has 456 valence electrons. The molecule has 2 aromatic carbocycles. The standard InChI is InChI=1S/C34H44N2O7.C32H44N2O7/c1-4-7-26(20-28(37)22-36-14-16-42-17-15-36)33(40)35-30(19-25-10-12-29(41-3)13-11-25)31(38)21-27(18-24-8-5-6-9-24)32(39)34(2)23-43-34;1-21-8-9-24(17-28(21)36)16-27(33-31(39)22(2)14-26(35)19-34-10-12-40-13-11-34)29(37)18-25(15-23-6-4-5-7-23)30(38)32(3)20-41-32/h1,8,10-13,26-27,30H,5-7,9,14-23H2,2-3H3,(H,35,40);6,8-9,17,22,25,27,36H,4-5,7,10-16,18-20H2,1-3H3,(H,33,39). The van der Waals surface area contributed by atoms with Gasteiger partial charge in [-0.05, 0) is 120 Å². The number of phenols is 1. The van der Waals surface area contributed by atoms with Gasteiger partial charge in [-0.3, -0.25) is 48.2 Å². The summed E-state index contributed by atoms with van der Waals surface area (Å²) < 4.78 is 26.8. The number of methoxy groups -OCH3 is 1. The predicted molar refractivity (Wildman–Crippen MR) is 315 cm³/mol. The Labute approximate surface area is 495 Å². The number of phenolic OH excluding ortho intramolecular Hbond substituents is 1. The molecule has 2 amide bonds. The number of rotatable bonds is 32. The van der Waals surface area contributed by atoms with Gasteiger partial charge < -0.3 is 39.4 Å². The number of allylic oxidation sites excluding steroid dienone is 4. The van der Waals surface area contributed by atoms with Crippen LogP contribution in [-0.4, -0.2) is 171 Å². The van der Waals surface area contributed by atoms with Gasteiger partial charge in [0.05, 0.1) is 77.8 Å². The van der Waals surface area contributed by atoms with Crippen LogP contribution < -0.4 is 15.4 Å². The molecule has 0 spiro atoms. The minimum absolute atomic E-state index is 0.00794. The van der Waals surface area contributed by atoms with E-state index in [1.54, 1.807) is 59.1 Å². The van der Waals surface area contributed by atoms with Gasteiger partial charge in [0.1, 0.15) is 34.3 Å². The summed E-state index contributed by atoms with van der Waals surface area (Å²) in [5.74, 6) is -0.667. The molecule has 3 N–H and O–H groups in total. The molecule has 8 unspecified atom stereocenters. The Kier molecular flexibility index (Phi) is 24.3. The first-order valence-corrected chi connectivity index (χ1v) is 30.1. The lowest BCUT2D eigenvalue weighted by Gasteiger charge is -2.27. The maximum atomic E-state index is 13.9. The summed E-state index contributed by atoms with van der Waals surface area (Å²) in [6, 6.07) is 10.7. The molecule has 2 aliphatic carbocycles. The third kappa shape index (κ3) is 20.0. The first kappa shape index (κ1) is 65.3. The van der Waals surface area contributed by atoms with Crippen molar-refractivity contribution in [3.63, 3.8) is 0 Å². The van der Waals surface area contributed by atoms with Gasteiger partial charge in [0.25, 0.3) is 0 Å². The van der Waals surface area contributed by atoms with Crippen molar-refractivity contribution >= 4 is 46.5 Å². The summed E-state index contributed by atoms with van der Waals surface area (Å²) in [4.78, 5) is 111. The number of carbonyl (C=O) groups excluding carboxylic acids is 8. The molecule has 0 saturated carbocycles. The van der Waals surface area contributed by atoms with Gasteiger partial charge in [-0.15, -0.1) is 12.3 Å². The molecule has 18 nitrogen and oxygen atoms in total. The Morgan fingerprint density at radius 2 is 1.12 bits per heavy atom. The monoisotopic (exact) mass is 1160 g/mol. The van der Waals surface area contributed by atoms with E-state index in [1.807, 2.05) is 28.0 Å². The maximum absolute atomic E-state index is 13.9. The topological polar surface area (TPSA) is 240 Å². The molecule has 0 bridgehead atoms. The summed E-state index contributed by atoms with van der Waals surface area (Å²) in [5.41, 5.74) is 2.92. The second-order valence-electron chi connectivity index (χ2n) is 24.2. The Balaban J connectivity index is 0.000000241. The van der Waals surface area contributed by atoms with Crippen LogP contribution in [0.5, 0.6) is 11.5 Å². The third-order valence-corrected chi connectivity index (χ3v) is 17.0. The summed E-state index contributed by atoms with van der Waals surface area (Å²) in [5, 5.41) is 16.1. The molecular weight excluding hydrogens is 1070 g/mol. The first-order valence-electron chi connectivity index (χ1n) is 30.1. The third-order valence-electron chi connectivity index (χ3n) is 17.0. The SMILES string of the molecule is C#CCC(CC(=O)CN1CCOCC1)C(=O)NC(Cc1ccc(OC)cc1)C(=O)CC(CC1=CCCC1)C(=O)C1(C)CO1.Cc1ccc(CC(NC(=O)C(C)CC(=O)CN2CCOCC2)C(=O)CC(CC2=CCCC2)C(=O)C2(C)CO2)cc1O. The van der Waals surface area contributed by atoms with Gasteiger partial charge in [-0.25, -0.2) is 0 Å². The number of benzene rings is 2. The lowest BCUT2D eigenvalue weighted by molar-refractivity contribution is -0.134. The van der Waals surface area contributed by atoms with Crippen LogP contribution in [0.2, 0.25) is 0 Å². The van der Waals surface area contributed by atoms with E-state index in [4.69, 9.17) is 30.1 Å². The first-order chi connectivity index (χ1) is 40.2. The van der Waals surface area contributed by atoms with E-state index < -0.39 is 52.9 Å². The summed E-state index contributed by atoms with van der Waals surface area (Å²) in [6.45, 7) is 13.2. The van der Waals surface area contributed by atoms with Crippen molar-refractivity contribution in [1.82, 2.24) is 20.4 Å². The molecule has 4 fully saturated rings. The fourth-order valence-corrected chi connectivity index (χ4v) is 11.5. The molecule has 8 rings (SSSR count). The number of aromatic hydroxyl groups is 1. The Morgan fingerprint density at radius 3 is 1.56 bits per heavy atom. The van der Waals surface area contributed by atoms with E-state index in [9.17, 15) is 43.5 Å². The normalized spacial score (nSPS) is 22.4. The van der Waals surface area contributed by atoms with E-state index in [-0.39, 0.29) is 104 Å². The Morgan fingerprint density at radius 1 is 0.655 bits per heavy atom. The van der Waals surface area contributed by atoms with Crippen LogP contribution in [0.4, 0.5) is 0 Å². The van der Waals surface area contributed by atoms with Gasteiger partial charge in [0.15, 0.2) is 23.1 Å². The molecule has 4 heterocycles. The quantitative estimate of drug-likeness (QED) is 0.0421. The molecule has 6 aliphatic rings. The Bertz CT molecular complexity index is 2760. The number of aryl methyl sites for hydroxylation is 1. The fraction of sp³-hybridized carbons (Fsp3) is 0.606. The van der Waals surface area contributed by atoms with Crippen LogP contribution in [0, 0.1) is 42.9 Å². The molecule has 4 aliphatic heterocycles. The van der Waals surface area contributed by atoms with Gasteiger partial charge in [-0.1, -0.05) is 54.5 Å². The van der Waals surface area contributed by atoms with Gasteiger partial charge >= 0.3 is 0 Å². The molecule has 4 saturated heterocycles. The molecule has 0 radical (unpaired) electrons. The number of terminal acetylenes is 1. The number of epoxide rings is 2. The predicted octanol–water partition coefficient (Wildman–Crippen LogP) is 6.18. The average molecular weight is 1160 g/mol. The number of nitrogens with zero attached hydrogens (tertiary/aromatic N) is 2. The lowest BCUT2D eigenvalue weighted by Crippen LogP contribution is -2.47. The van der Waals surface area contributed by atoms with E-state index in [1.165, 1.54) is 11.1 Å². The number of ketones is 6. The van der Waals surface area contributed by atoms with Crippen LogP contribution in [-0.2, 0) is 70.1 Å². The highest BCUT2D eigenvalue weighted by molar-refractivity contribution is 5.99. The number of ether oxygens (including phenoxy) is 5. The average Bonchev–Trinajstić information content (AvgIpc) is 4.07. The van der Waals surface area contributed by atoms with Gasteiger partial charge in [0, 0.05) is 76.0 Å². The zero-order valence-electron chi connectivity index (χ0n) is 50.0. The molecule has 18 heteroatoms. The minimum Gasteiger partial charge on any atom is -0.508 e. The van der Waals surface area contributed by atoms with Crippen LogP contribution >= 0.6 is 0 Å². The summed E-state index contributed by atoms with van der Waals surface area (Å²) in [6.07, 6.45) is 17.4. The van der Waals surface area contributed by atoms with E-state index >= 15 is 0 Å². The number of Topliss-reactive ketones (excluding diaryl/α,β-unsaturated/α-hetero) is 6. The van der Waals surface area contributed by atoms with Crippen molar-refractivity contribution in [3.8, 4) is 23.8 Å². The molecular formula is C66H88N4O14. The van der Waals surface area contributed by atoms with E-state index in [0.717, 1.165) is 44.1 Å². The van der Waals surface area contributed by atoms with Crippen LogP contribution in [0.15, 0.2) is 65.8 Å². The maximum Gasteiger partial charge on any atom is 0.225 e. The van der Waals surface area contributed by atoms with Crippen LogP contribution in [0.25, 0.3) is 0 Å². The second-order valence-corrected chi connectivity index (χ2v) is 24.2. The van der Waals surface area contributed by atoms with Crippen LogP contribution in [0.3, 0.4) is 0 Å². The second kappa shape index (κ2) is 31.3. The van der Waals surface area contributed by atoms with Crippen molar-refractivity contribution < 1.29 is 67.1 Å². The zero-order valence-corrected chi connectivity index (χ0v) is 50.0. The number of morpholine rings is 2. The molecule has 0 aromatic heterocycles. The van der Waals surface area contributed by atoms with E-state index in [2.05, 4.69) is 28.7 Å². The number of amides is 2. The minimum atomic E-state index is -0.901. The Hall–Kier alpha value is -6.20. The highest BCUT2D eigenvalue weighted by Crippen LogP contribution is 2.37. The molecule has 84 heavy (non-hydrogen) atoms. The van der Waals surface area contributed by atoms with Crippen molar-refractivity contribution in [2.24, 2.45) is 23.7 Å². The number of nitrogens with one attached hydrogen (secondary N) is 2. The van der Waals surface area contributed by atoms with Crippen LogP contribution in [0.1, 0.15) is 121 Å². The highest BCUT2D eigenvalue weighted by Gasteiger charge is 2.51. The number of hydrogen-bond acceptors (Lipinski definition) is 16. The fourth-order valence-electron chi connectivity index (χ4n) is 11.5.